The molecule has 1 atom stereocenters. The fraction of sp³-hybridized carbons (Fsp3) is 0.360. The molecule has 0 amide bonds. The van der Waals surface area contributed by atoms with Crippen LogP contribution in [0.15, 0.2) is 65.9 Å². The van der Waals surface area contributed by atoms with Gasteiger partial charge in [0.1, 0.15) is 11.5 Å². The van der Waals surface area contributed by atoms with Crippen LogP contribution in [0.4, 0.5) is 0 Å². The van der Waals surface area contributed by atoms with E-state index in [2.05, 4.69) is 31.0 Å². The highest BCUT2D eigenvalue weighted by atomic mass is 16.5. The summed E-state index contributed by atoms with van der Waals surface area (Å²) in [5.74, 6) is 1.07. The van der Waals surface area contributed by atoms with E-state index in [0.29, 0.717) is 5.75 Å². The summed E-state index contributed by atoms with van der Waals surface area (Å²) < 4.78 is 10.7. The van der Waals surface area contributed by atoms with Crippen LogP contribution in [0.25, 0.3) is 11.3 Å². The minimum atomic E-state index is -0.163. The van der Waals surface area contributed by atoms with E-state index in [1.807, 2.05) is 30.3 Å². The monoisotopic (exact) mass is 391 g/mol. The summed E-state index contributed by atoms with van der Waals surface area (Å²) in [7, 11) is 1.64. The number of esters is 1. The van der Waals surface area contributed by atoms with E-state index in [4.69, 9.17) is 9.47 Å². The van der Waals surface area contributed by atoms with Crippen LogP contribution in [-0.4, -0.2) is 18.1 Å². The first kappa shape index (κ1) is 20.8. The Hall–Kier alpha value is -2.88. The molecular weight excluding hydrogens is 362 g/mol. The number of rotatable bonds is 7. The van der Waals surface area contributed by atoms with Gasteiger partial charge in [-0.15, -0.1) is 0 Å². The van der Waals surface area contributed by atoms with Crippen molar-refractivity contribution in [3.8, 4) is 22.8 Å². The standard InChI is InChI=1S/C25H29NO3/c1-18(2)5-4-6-19-7-9-21(10-8-19)25(27)29-23-15-16-24(26-17-23)20-11-13-22(28-3)14-12-20/h5,7,11-17,21H,4,6,8-10H2,1-3H3. The maximum atomic E-state index is 12.5. The number of ether oxygens (including phenoxy) is 2. The number of benzene rings is 1. The topological polar surface area (TPSA) is 48.4 Å². The Morgan fingerprint density at radius 1 is 1.14 bits per heavy atom. The van der Waals surface area contributed by atoms with E-state index >= 15 is 0 Å². The number of nitrogens with zero attached hydrogens (tertiary/aromatic N) is 1. The van der Waals surface area contributed by atoms with Gasteiger partial charge in [0.15, 0.2) is 0 Å². The Morgan fingerprint density at radius 3 is 2.48 bits per heavy atom. The van der Waals surface area contributed by atoms with Crippen LogP contribution < -0.4 is 9.47 Å². The molecule has 0 saturated heterocycles. The largest absolute Gasteiger partial charge is 0.497 e. The average Bonchev–Trinajstić information content (AvgIpc) is 2.74. The van der Waals surface area contributed by atoms with E-state index < -0.39 is 0 Å². The lowest BCUT2D eigenvalue weighted by Crippen LogP contribution is -2.22. The normalized spacial score (nSPS) is 16.0. The highest BCUT2D eigenvalue weighted by Crippen LogP contribution is 2.28. The van der Waals surface area contributed by atoms with Gasteiger partial charge in [-0.3, -0.25) is 9.78 Å². The molecule has 1 aromatic heterocycles. The summed E-state index contributed by atoms with van der Waals surface area (Å²) in [4.78, 5) is 16.9. The van der Waals surface area contributed by atoms with Gasteiger partial charge in [-0.05, 0) is 82.3 Å². The molecule has 0 spiro atoms. The fourth-order valence-corrected chi connectivity index (χ4v) is 3.45. The van der Waals surface area contributed by atoms with Gasteiger partial charge in [-0.25, -0.2) is 0 Å². The molecule has 3 rings (SSSR count). The van der Waals surface area contributed by atoms with Crippen LogP contribution in [0.2, 0.25) is 0 Å². The first-order valence-corrected chi connectivity index (χ1v) is 10.2. The molecule has 0 bridgehead atoms. The summed E-state index contributed by atoms with van der Waals surface area (Å²) in [6.45, 7) is 4.25. The summed E-state index contributed by atoms with van der Waals surface area (Å²) in [6.07, 6.45) is 10.9. The van der Waals surface area contributed by atoms with Crippen molar-refractivity contribution in [2.24, 2.45) is 5.92 Å². The first-order valence-electron chi connectivity index (χ1n) is 10.2. The second-order valence-corrected chi connectivity index (χ2v) is 7.68. The number of pyridine rings is 1. The van der Waals surface area contributed by atoms with Crippen molar-refractivity contribution < 1.29 is 14.3 Å². The Morgan fingerprint density at radius 2 is 1.90 bits per heavy atom. The molecule has 0 fully saturated rings. The Balaban J connectivity index is 1.53. The van der Waals surface area contributed by atoms with Crippen LogP contribution in [0, 0.1) is 5.92 Å². The van der Waals surface area contributed by atoms with Crippen molar-refractivity contribution in [1.82, 2.24) is 4.98 Å². The Labute approximate surface area is 173 Å². The summed E-state index contributed by atoms with van der Waals surface area (Å²) in [5.41, 5.74) is 4.63. The number of aromatic nitrogens is 1. The maximum Gasteiger partial charge on any atom is 0.314 e. The molecule has 1 aromatic carbocycles. The first-order chi connectivity index (χ1) is 14.0. The molecule has 4 heteroatoms. The predicted octanol–water partition coefficient (Wildman–Crippen LogP) is 6.14. The van der Waals surface area contributed by atoms with Gasteiger partial charge in [0.05, 0.1) is 24.9 Å². The number of hydrogen-bond donors (Lipinski definition) is 0. The van der Waals surface area contributed by atoms with Gasteiger partial charge in [0.2, 0.25) is 0 Å². The predicted molar refractivity (Wildman–Crippen MR) is 116 cm³/mol. The van der Waals surface area contributed by atoms with Crippen LogP contribution in [-0.2, 0) is 4.79 Å². The van der Waals surface area contributed by atoms with Crippen molar-refractivity contribution in [1.29, 1.82) is 0 Å². The second kappa shape index (κ2) is 10.1. The van der Waals surface area contributed by atoms with Crippen molar-refractivity contribution in [2.75, 3.05) is 7.11 Å². The third-order valence-corrected chi connectivity index (χ3v) is 5.20. The summed E-state index contributed by atoms with van der Waals surface area (Å²) in [6, 6.07) is 11.4. The Bertz CT molecular complexity index is 875. The van der Waals surface area contributed by atoms with Gasteiger partial charge >= 0.3 is 5.97 Å². The second-order valence-electron chi connectivity index (χ2n) is 7.68. The van der Waals surface area contributed by atoms with E-state index in [0.717, 1.165) is 49.1 Å². The van der Waals surface area contributed by atoms with Gasteiger partial charge in [-0.2, -0.15) is 0 Å². The molecule has 1 aliphatic rings. The molecule has 0 radical (unpaired) electrons. The zero-order valence-corrected chi connectivity index (χ0v) is 17.5. The van der Waals surface area contributed by atoms with Crippen molar-refractivity contribution in [3.05, 3.63) is 65.9 Å². The molecule has 29 heavy (non-hydrogen) atoms. The highest BCUT2D eigenvalue weighted by molar-refractivity contribution is 5.75. The smallest absolute Gasteiger partial charge is 0.314 e. The maximum absolute atomic E-state index is 12.5. The molecular formula is C25H29NO3. The van der Waals surface area contributed by atoms with Crippen LogP contribution in [0.1, 0.15) is 46.0 Å². The lowest BCUT2D eigenvalue weighted by Gasteiger charge is -2.20. The number of methoxy groups -OCH3 is 1. The quantitative estimate of drug-likeness (QED) is 0.420. The van der Waals surface area contributed by atoms with Gasteiger partial charge in [0, 0.05) is 5.56 Å². The zero-order chi connectivity index (χ0) is 20.6. The SMILES string of the molecule is COc1ccc(-c2ccc(OC(=O)C3CC=C(CCC=C(C)C)CC3)cn2)cc1. The molecule has 1 unspecified atom stereocenters. The van der Waals surface area contributed by atoms with Gasteiger partial charge < -0.3 is 9.47 Å². The highest BCUT2D eigenvalue weighted by Gasteiger charge is 2.23. The van der Waals surface area contributed by atoms with Gasteiger partial charge in [0.25, 0.3) is 0 Å². The molecule has 2 aromatic rings. The summed E-state index contributed by atoms with van der Waals surface area (Å²) >= 11 is 0. The number of carbonyl (C=O) groups is 1. The van der Waals surface area contributed by atoms with E-state index in [1.165, 1.54) is 11.1 Å². The van der Waals surface area contributed by atoms with E-state index in [9.17, 15) is 4.79 Å². The van der Waals surface area contributed by atoms with Crippen LogP contribution >= 0.6 is 0 Å². The number of hydrogen-bond acceptors (Lipinski definition) is 4. The minimum absolute atomic E-state index is 0.0662. The summed E-state index contributed by atoms with van der Waals surface area (Å²) in [5, 5.41) is 0. The fourth-order valence-electron chi connectivity index (χ4n) is 3.45. The molecule has 1 aliphatic carbocycles. The molecule has 152 valence electrons. The van der Waals surface area contributed by atoms with Gasteiger partial charge in [-0.1, -0.05) is 23.3 Å². The Kier molecular flexibility index (Phi) is 7.23. The zero-order valence-electron chi connectivity index (χ0n) is 17.5. The molecule has 1 heterocycles. The van der Waals surface area contributed by atoms with Crippen LogP contribution in [0.5, 0.6) is 11.5 Å². The van der Waals surface area contributed by atoms with Crippen molar-refractivity contribution in [3.63, 3.8) is 0 Å². The van der Waals surface area contributed by atoms with E-state index in [1.54, 1.807) is 19.4 Å². The average molecular weight is 392 g/mol. The molecule has 4 nitrogen and oxygen atoms in total. The van der Waals surface area contributed by atoms with Crippen molar-refractivity contribution >= 4 is 5.97 Å². The molecule has 0 N–H and O–H groups in total. The third kappa shape index (κ3) is 6.05. The number of allylic oxidation sites excluding steroid dienone is 4. The van der Waals surface area contributed by atoms with E-state index in [-0.39, 0.29) is 11.9 Å². The molecule has 0 aliphatic heterocycles. The third-order valence-electron chi connectivity index (χ3n) is 5.20. The minimum Gasteiger partial charge on any atom is -0.497 e. The molecule has 0 saturated carbocycles. The lowest BCUT2D eigenvalue weighted by atomic mass is 9.88. The lowest BCUT2D eigenvalue weighted by molar-refractivity contribution is -0.139. The van der Waals surface area contributed by atoms with Crippen molar-refractivity contribution in [2.45, 2.75) is 46.0 Å². The van der Waals surface area contributed by atoms with Crippen LogP contribution in [0.3, 0.4) is 0 Å². The number of carbonyl (C=O) groups excluding carboxylic acids is 1.